The quantitative estimate of drug-likeness (QED) is 0.694. The molecule has 4 heteroatoms. The largest absolute Gasteiger partial charge is 0.493 e. The molecule has 0 aliphatic heterocycles. The number of hydrogen-bond acceptors (Lipinski definition) is 3. The van der Waals surface area contributed by atoms with E-state index in [2.05, 4.69) is 6.92 Å². The Morgan fingerprint density at radius 1 is 1.00 bits per heavy atom. The fourth-order valence-electron chi connectivity index (χ4n) is 2.35. The van der Waals surface area contributed by atoms with Crippen molar-refractivity contribution >= 4 is 9.84 Å². The molecule has 2 rings (SSSR count). The third kappa shape index (κ3) is 4.35. The molecule has 124 valence electrons. The van der Waals surface area contributed by atoms with Crippen molar-refractivity contribution in [2.24, 2.45) is 0 Å². The number of sulfone groups is 1. The normalized spacial score (nSPS) is 11.4. The lowest BCUT2D eigenvalue weighted by molar-refractivity contribution is 0.307. The van der Waals surface area contributed by atoms with Gasteiger partial charge in [0.2, 0.25) is 0 Å². The molecule has 0 aliphatic carbocycles. The lowest BCUT2D eigenvalue weighted by Crippen LogP contribution is -2.03. The molecule has 0 unspecified atom stereocenters. The van der Waals surface area contributed by atoms with Crippen LogP contribution in [-0.4, -0.2) is 20.8 Å². The summed E-state index contributed by atoms with van der Waals surface area (Å²) in [5.74, 6) is 0.999. The molecule has 0 bridgehead atoms. The van der Waals surface area contributed by atoms with Crippen LogP contribution in [0.2, 0.25) is 0 Å². The van der Waals surface area contributed by atoms with Gasteiger partial charge in [0.05, 0.1) is 17.3 Å². The second kappa shape index (κ2) is 7.64. The van der Waals surface area contributed by atoms with Crippen molar-refractivity contribution in [2.45, 2.75) is 38.5 Å². The summed E-state index contributed by atoms with van der Waals surface area (Å²) in [6.07, 6.45) is 2.15. The first kappa shape index (κ1) is 17.5. The molecule has 0 aromatic heterocycles. The van der Waals surface area contributed by atoms with Gasteiger partial charge in [-0.15, -0.1) is 0 Å². The third-order valence-electron chi connectivity index (χ3n) is 3.84. The molecule has 0 N–H and O–H groups in total. The highest BCUT2D eigenvalue weighted by Gasteiger charge is 2.12. The molecule has 2 aromatic carbocycles. The van der Waals surface area contributed by atoms with Crippen molar-refractivity contribution in [3.8, 4) is 16.9 Å². The van der Waals surface area contributed by atoms with Crippen molar-refractivity contribution in [3.63, 3.8) is 0 Å². The van der Waals surface area contributed by atoms with Gasteiger partial charge in [-0.2, -0.15) is 0 Å². The summed E-state index contributed by atoms with van der Waals surface area (Å²) < 4.78 is 29.8. The van der Waals surface area contributed by atoms with Crippen LogP contribution in [0, 0.1) is 6.92 Å². The molecule has 0 radical (unpaired) electrons. The van der Waals surface area contributed by atoms with Crippen LogP contribution in [0.5, 0.6) is 5.75 Å². The van der Waals surface area contributed by atoms with E-state index < -0.39 is 9.84 Å². The highest BCUT2D eigenvalue weighted by molar-refractivity contribution is 7.91. The Morgan fingerprint density at radius 3 is 2.39 bits per heavy atom. The minimum absolute atomic E-state index is 0.111. The first-order valence-electron chi connectivity index (χ1n) is 8.04. The second-order valence-corrected chi connectivity index (χ2v) is 7.89. The summed E-state index contributed by atoms with van der Waals surface area (Å²) in [4.78, 5) is 0.374. The summed E-state index contributed by atoms with van der Waals surface area (Å²) in [6, 6.07) is 13.1. The average molecular weight is 332 g/mol. The number of aryl methyl sites for hydroxylation is 1. The van der Waals surface area contributed by atoms with E-state index in [1.54, 1.807) is 25.1 Å². The Kier molecular flexibility index (Phi) is 5.83. The van der Waals surface area contributed by atoms with Crippen LogP contribution in [0.25, 0.3) is 11.1 Å². The Morgan fingerprint density at radius 2 is 1.74 bits per heavy atom. The van der Waals surface area contributed by atoms with Crippen molar-refractivity contribution in [3.05, 3.63) is 48.0 Å². The zero-order valence-electron chi connectivity index (χ0n) is 14.0. The van der Waals surface area contributed by atoms with Crippen LogP contribution in [0.4, 0.5) is 0 Å². The fraction of sp³-hybridized carbons (Fsp3) is 0.368. The van der Waals surface area contributed by atoms with Crippen LogP contribution in [0.15, 0.2) is 47.4 Å². The van der Waals surface area contributed by atoms with Crippen molar-refractivity contribution in [2.75, 3.05) is 12.4 Å². The molecule has 0 heterocycles. The Labute approximate surface area is 139 Å². The standard InChI is InChI=1S/C19H24O3S/c1-4-6-12-22-19-11-10-17(13-15(19)3)16-8-7-9-18(14-16)23(20,21)5-2/h7-11,13-14H,4-6,12H2,1-3H3. The summed E-state index contributed by atoms with van der Waals surface area (Å²) in [5, 5.41) is 0. The van der Waals surface area contributed by atoms with Gasteiger partial charge in [-0.05, 0) is 54.3 Å². The summed E-state index contributed by atoms with van der Waals surface area (Å²) in [5.41, 5.74) is 2.96. The summed E-state index contributed by atoms with van der Waals surface area (Å²) in [6.45, 7) is 6.53. The number of hydrogen-bond donors (Lipinski definition) is 0. The van der Waals surface area contributed by atoms with Crippen LogP contribution >= 0.6 is 0 Å². The Hall–Kier alpha value is -1.81. The predicted octanol–water partition coefficient (Wildman–Crippen LogP) is 4.63. The topological polar surface area (TPSA) is 43.4 Å². The molecule has 0 saturated heterocycles. The van der Waals surface area contributed by atoms with Gasteiger partial charge in [0, 0.05) is 0 Å². The van der Waals surface area contributed by atoms with E-state index in [1.165, 1.54) is 0 Å². The molecule has 0 saturated carbocycles. The highest BCUT2D eigenvalue weighted by atomic mass is 32.2. The van der Waals surface area contributed by atoms with Gasteiger partial charge in [-0.3, -0.25) is 0 Å². The van der Waals surface area contributed by atoms with Gasteiger partial charge in [-0.25, -0.2) is 8.42 Å². The first-order valence-corrected chi connectivity index (χ1v) is 9.69. The van der Waals surface area contributed by atoms with Gasteiger partial charge in [0.25, 0.3) is 0 Å². The van der Waals surface area contributed by atoms with E-state index in [0.29, 0.717) is 4.90 Å². The molecule has 0 atom stereocenters. The maximum atomic E-state index is 12.0. The summed E-state index contributed by atoms with van der Waals surface area (Å²) >= 11 is 0. The van der Waals surface area contributed by atoms with E-state index in [-0.39, 0.29) is 5.75 Å². The molecule has 23 heavy (non-hydrogen) atoms. The molecule has 0 aliphatic rings. The lowest BCUT2D eigenvalue weighted by atomic mass is 10.0. The Balaban J connectivity index is 2.29. The second-order valence-electron chi connectivity index (χ2n) is 5.61. The molecule has 3 nitrogen and oxygen atoms in total. The average Bonchev–Trinajstić information content (AvgIpc) is 2.56. The van der Waals surface area contributed by atoms with E-state index in [4.69, 9.17) is 4.74 Å². The third-order valence-corrected chi connectivity index (χ3v) is 5.57. The minimum atomic E-state index is -3.19. The maximum absolute atomic E-state index is 12.0. The Bertz CT molecular complexity index is 764. The molecule has 0 fully saturated rings. The van der Waals surface area contributed by atoms with Gasteiger partial charge in [-0.1, -0.05) is 38.5 Å². The first-order chi connectivity index (χ1) is 11.0. The van der Waals surface area contributed by atoms with Crippen molar-refractivity contribution in [1.29, 1.82) is 0 Å². The SMILES string of the molecule is CCCCOc1ccc(-c2cccc(S(=O)(=O)CC)c2)cc1C. The number of benzene rings is 2. The van der Waals surface area contributed by atoms with E-state index in [9.17, 15) is 8.42 Å². The van der Waals surface area contributed by atoms with Crippen molar-refractivity contribution in [1.82, 2.24) is 0 Å². The molecule has 0 spiro atoms. The fourth-order valence-corrected chi connectivity index (χ4v) is 3.28. The number of unbranched alkanes of at least 4 members (excludes halogenated alkanes) is 1. The number of ether oxygens (including phenoxy) is 1. The zero-order valence-corrected chi connectivity index (χ0v) is 14.8. The number of rotatable bonds is 7. The van der Waals surface area contributed by atoms with Gasteiger partial charge in [0.15, 0.2) is 9.84 Å². The highest BCUT2D eigenvalue weighted by Crippen LogP contribution is 2.28. The molecular formula is C19H24O3S. The van der Waals surface area contributed by atoms with E-state index in [0.717, 1.165) is 41.9 Å². The van der Waals surface area contributed by atoms with Gasteiger partial charge < -0.3 is 4.74 Å². The van der Waals surface area contributed by atoms with Gasteiger partial charge >= 0.3 is 0 Å². The minimum Gasteiger partial charge on any atom is -0.493 e. The van der Waals surface area contributed by atoms with Crippen LogP contribution in [-0.2, 0) is 9.84 Å². The molecule has 2 aromatic rings. The van der Waals surface area contributed by atoms with E-state index >= 15 is 0 Å². The van der Waals surface area contributed by atoms with Crippen molar-refractivity contribution < 1.29 is 13.2 Å². The zero-order chi connectivity index (χ0) is 16.9. The van der Waals surface area contributed by atoms with E-state index in [1.807, 2.05) is 31.2 Å². The van der Waals surface area contributed by atoms with Gasteiger partial charge in [0.1, 0.15) is 5.75 Å². The predicted molar refractivity (Wildman–Crippen MR) is 94.7 cm³/mol. The summed E-state index contributed by atoms with van der Waals surface area (Å²) in [7, 11) is -3.19. The van der Waals surface area contributed by atoms with Crippen LogP contribution < -0.4 is 4.74 Å². The molecule has 0 amide bonds. The lowest BCUT2D eigenvalue weighted by Gasteiger charge is -2.11. The maximum Gasteiger partial charge on any atom is 0.178 e. The molecular weight excluding hydrogens is 308 g/mol. The van der Waals surface area contributed by atoms with Crippen LogP contribution in [0.1, 0.15) is 32.3 Å². The van der Waals surface area contributed by atoms with Crippen LogP contribution in [0.3, 0.4) is 0 Å². The monoisotopic (exact) mass is 332 g/mol. The smallest absolute Gasteiger partial charge is 0.178 e.